The molecule has 1 saturated carbocycles. The molecule has 2 heterocycles. The topological polar surface area (TPSA) is 81.9 Å². The molecule has 3 atom stereocenters. The Hall–Kier alpha value is -2.36. The van der Waals surface area contributed by atoms with E-state index >= 15 is 0 Å². The molecule has 1 aliphatic carbocycles. The maximum Gasteiger partial charge on any atom is 0.416 e. The summed E-state index contributed by atoms with van der Waals surface area (Å²) in [6.07, 6.45) is -2.99. The average molecular weight is 442 g/mol. The molecule has 0 spiro atoms. The van der Waals surface area contributed by atoms with Gasteiger partial charge in [-0.3, -0.25) is 14.9 Å². The van der Waals surface area contributed by atoms with Crippen LogP contribution in [0.15, 0.2) is 18.2 Å². The van der Waals surface area contributed by atoms with Crippen molar-refractivity contribution in [2.45, 2.75) is 51.5 Å². The summed E-state index contributed by atoms with van der Waals surface area (Å²) in [5, 5.41) is 11.4. The number of fused-ring (bicyclic) bond motifs is 1. The minimum atomic E-state index is -4.65. The molecule has 3 aliphatic rings. The fourth-order valence-corrected chi connectivity index (χ4v) is 5.21. The molecule has 3 fully saturated rings. The van der Waals surface area contributed by atoms with Crippen molar-refractivity contribution >= 4 is 17.3 Å². The number of rotatable bonds is 4. The van der Waals surface area contributed by atoms with E-state index in [1.54, 1.807) is 4.90 Å². The lowest BCUT2D eigenvalue weighted by Gasteiger charge is -2.53. The lowest BCUT2D eigenvalue weighted by atomic mass is 9.59. The van der Waals surface area contributed by atoms with Crippen LogP contribution in [-0.4, -0.2) is 42.8 Å². The second-order valence-electron chi connectivity index (χ2n) is 9.14. The van der Waals surface area contributed by atoms with Gasteiger partial charge >= 0.3 is 12.1 Å². The van der Waals surface area contributed by atoms with Gasteiger partial charge in [-0.25, -0.2) is 0 Å². The van der Waals surface area contributed by atoms with Gasteiger partial charge in [0.25, 0.3) is 5.69 Å². The number of nitrogens with zero attached hydrogens (tertiary/aromatic N) is 2. The summed E-state index contributed by atoms with van der Waals surface area (Å²) in [7, 11) is 0. The maximum absolute atomic E-state index is 12.9. The molecular weight excluding hydrogens is 417 g/mol. The van der Waals surface area contributed by atoms with Crippen LogP contribution in [0.3, 0.4) is 0 Å². The number of carbonyl (C=O) groups excluding carboxylic acids is 1. The van der Waals surface area contributed by atoms with Crippen molar-refractivity contribution in [2.24, 2.45) is 17.3 Å². The highest BCUT2D eigenvalue weighted by molar-refractivity contribution is 5.74. The number of piperidine rings is 1. The number of nitro groups is 1. The Morgan fingerprint density at radius 3 is 2.55 bits per heavy atom. The Morgan fingerprint density at radius 2 is 1.94 bits per heavy atom. The Kier molecular flexibility index (Phi) is 5.39. The third kappa shape index (κ3) is 3.86. The SMILES string of the molecule is CC1(C)[C@@H]2OCC[C@H]2[C@@H]1OC(=O)C1CCN(c2ccc(C(F)(F)F)cc2[N+](=O)[O-])CC1. The van der Waals surface area contributed by atoms with Crippen LogP contribution < -0.4 is 4.90 Å². The summed E-state index contributed by atoms with van der Waals surface area (Å²) in [4.78, 5) is 25.0. The van der Waals surface area contributed by atoms with Crippen LogP contribution in [-0.2, 0) is 20.4 Å². The largest absolute Gasteiger partial charge is 0.461 e. The second-order valence-corrected chi connectivity index (χ2v) is 9.14. The number of hydrogen-bond acceptors (Lipinski definition) is 6. The van der Waals surface area contributed by atoms with E-state index in [1.165, 1.54) is 0 Å². The Labute approximate surface area is 177 Å². The first-order valence-electron chi connectivity index (χ1n) is 10.4. The molecular formula is C21H25F3N2O5. The number of esters is 1. The first kappa shape index (κ1) is 21.9. The molecule has 0 radical (unpaired) electrons. The summed E-state index contributed by atoms with van der Waals surface area (Å²) in [6, 6.07) is 2.55. The zero-order valence-electron chi connectivity index (χ0n) is 17.4. The first-order chi connectivity index (χ1) is 14.5. The zero-order chi connectivity index (χ0) is 22.6. The van der Waals surface area contributed by atoms with Crippen molar-refractivity contribution in [3.8, 4) is 0 Å². The molecule has 0 bridgehead atoms. The minimum Gasteiger partial charge on any atom is -0.461 e. The van der Waals surface area contributed by atoms with Crippen LogP contribution in [0, 0.1) is 27.4 Å². The minimum absolute atomic E-state index is 0.118. The van der Waals surface area contributed by atoms with Gasteiger partial charge in [-0.2, -0.15) is 13.2 Å². The van der Waals surface area contributed by atoms with Crippen LogP contribution in [0.2, 0.25) is 0 Å². The number of alkyl halides is 3. The summed E-state index contributed by atoms with van der Waals surface area (Å²) in [6.45, 7) is 5.40. The van der Waals surface area contributed by atoms with Gasteiger partial charge in [-0.05, 0) is 31.4 Å². The number of anilines is 1. The maximum atomic E-state index is 12.9. The Bertz CT molecular complexity index is 880. The predicted molar refractivity (Wildman–Crippen MR) is 105 cm³/mol. The Morgan fingerprint density at radius 1 is 1.26 bits per heavy atom. The molecule has 2 aliphatic heterocycles. The summed E-state index contributed by atoms with van der Waals surface area (Å²) < 4.78 is 50.3. The molecule has 0 aromatic heterocycles. The van der Waals surface area contributed by atoms with Crippen LogP contribution in [0.25, 0.3) is 0 Å². The molecule has 31 heavy (non-hydrogen) atoms. The molecule has 1 aromatic carbocycles. The van der Waals surface area contributed by atoms with Crippen LogP contribution >= 0.6 is 0 Å². The Balaban J connectivity index is 1.40. The van der Waals surface area contributed by atoms with Crippen molar-refractivity contribution in [3.05, 3.63) is 33.9 Å². The van der Waals surface area contributed by atoms with Gasteiger partial charge < -0.3 is 14.4 Å². The van der Waals surface area contributed by atoms with Gasteiger partial charge in [0.2, 0.25) is 0 Å². The number of hydrogen-bond donors (Lipinski definition) is 0. The number of halogens is 3. The standard InChI is InChI=1S/C21H25F3N2O5/c1-20(2)17-14(7-10-30-17)18(20)31-19(27)12-5-8-25(9-6-12)15-4-3-13(21(22,23)24)11-16(15)26(28)29/h3-4,11-12,14,17-18H,5-10H2,1-2H3/t14-,17-,18+/m1/s1. The van der Waals surface area contributed by atoms with Gasteiger partial charge in [-0.15, -0.1) is 0 Å². The van der Waals surface area contributed by atoms with Crippen molar-refractivity contribution in [1.82, 2.24) is 0 Å². The molecule has 0 N–H and O–H groups in total. The molecule has 7 nitrogen and oxygen atoms in total. The molecule has 0 unspecified atom stereocenters. The smallest absolute Gasteiger partial charge is 0.416 e. The van der Waals surface area contributed by atoms with Gasteiger partial charge in [0.05, 0.1) is 22.5 Å². The van der Waals surface area contributed by atoms with E-state index in [0.717, 1.165) is 18.6 Å². The van der Waals surface area contributed by atoms with Crippen molar-refractivity contribution in [1.29, 1.82) is 0 Å². The van der Waals surface area contributed by atoms with E-state index in [0.29, 0.717) is 38.6 Å². The predicted octanol–water partition coefficient (Wildman–Crippen LogP) is 4.19. The molecule has 2 saturated heterocycles. The molecule has 170 valence electrons. The number of carbonyl (C=O) groups is 1. The fourth-order valence-electron chi connectivity index (χ4n) is 5.21. The third-order valence-electron chi connectivity index (χ3n) is 6.90. The lowest BCUT2D eigenvalue weighted by Crippen LogP contribution is -2.61. The summed E-state index contributed by atoms with van der Waals surface area (Å²) in [5.41, 5.74) is -1.73. The lowest BCUT2D eigenvalue weighted by molar-refractivity contribution is -0.384. The number of benzene rings is 1. The van der Waals surface area contributed by atoms with E-state index in [9.17, 15) is 28.1 Å². The average Bonchev–Trinajstić information content (AvgIpc) is 3.18. The summed E-state index contributed by atoms with van der Waals surface area (Å²) in [5.74, 6) is -0.374. The monoisotopic (exact) mass is 442 g/mol. The quantitative estimate of drug-likeness (QED) is 0.395. The van der Waals surface area contributed by atoms with Gasteiger partial charge in [0.15, 0.2) is 0 Å². The van der Waals surface area contributed by atoms with Crippen LogP contribution in [0.5, 0.6) is 0 Å². The highest BCUT2D eigenvalue weighted by Crippen LogP contribution is 2.54. The van der Waals surface area contributed by atoms with Crippen molar-refractivity contribution in [2.75, 3.05) is 24.6 Å². The summed E-state index contributed by atoms with van der Waals surface area (Å²) >= 11 is 0. The highest BCUT2D eigenvalue weighted by atomic mass is 19.4. The van der Waals surface area contributed by atoms with E-state index in [4.69, 9.17) is 9.47 Å². The van der Waals surface area contributed by atoms with E-state index < -0.39 is 22.4 Å². The first-order valence-corrected chi connectivity index (χ1v) is 10.4. The number of ether oxygens (including phenoxy) is 2. The normalized spacial score (nSPS) is 28.0. The van der Waals surface area contributed by atoms with Crippen LogP contribution in [0.1, 0.15) is 38.7 Å². The van der Waals surface area contributed by atoms with E-state index in [2.05, 4.69) is 0 Å². The third-order valence-corrected chi connectivity index (χ3v) is 6.90. The second kappa shape index (κ2) is 7.65. The van der Waals surface area contributed by atoms with Crippen molar-refractivity contribution < 1.29 is 32.4 Å². The number of nitro benzene ring substituents is 1. The molecule has 4 rings (SSSR count). The van der Waals surface area contributed by atoms with Crippen molar-refractivity contribution in [3.63, 3.8) is 0 Å². The molecule has 1 aromatic rings. The van der Waals surface area contributed by atoms with Gasteiger partial charge in [0.1, 0.15) is 11.8 Å². The zero-order valence-corrected chi connectivity index (χ0v) is 17.4. The fraction of sp³-hybridized carbons (Fsp3) is 0.667. The van der Waals surface area contributed by atoms with Crippen LogP contribution in [0.4, 0.5) is 24.5 Å². The van der Waals surface area contributed by atoms with Gasteiger partial charge in [-0.1, -0.05) is 13.8 Å². The molecule has 0 amide bonds. The van der Waals surface area contributed by atoms with E-state index in [1.807, 2.05) is 13.8 Å². The van der Waals surface area contributed by atoms with E-state index in [-0.39, 0.29) is 41.1 Å². The highest BCUT2D eigenvalue weighted by Gasteiger charge is 2.61. The molecule has 10 heteroatoms. The van der Waals surface area contributed by atoms with Gasteiger partial charge in [0, 0.05) is 37.1 Å².